The average Bonchev–Trinajstić information content (AvgIpc) is 3.27. The summed E-state index contributed by atoms with van der Waals surface area (Å²) in [5.41, 5.74) is 1.66. The molecular formula is C24H26N4O4S. The first-order valence-corrected chi connectivity index (χ1v) is 11.6. The standard InChI is InChI=1S/C24H26N4O4S/c29-22(25-17-6-9-27(10-7-17)14-16-4-2-1-3-5-16)8-11-28-23(30)18-12-20-21(32-15-31-20)13-19(18)26-24(28)33/h1-5,12-13,17H,6-11,14-15H2,(H,25,29)(H,26,33). The third-order valence-electron chi connectivity index (χ3n) is 6.24. The van der Waals surface area contributed by atoms with Crippen molar-refractivity contribution in [3.63, 3.8) is 0 Å². The predicted octanol–water partition coefficient (Wildman–Crippen LogP) is 2.96. The Morgan fingerprint density at radius 3 is 2.61 bits per heavy atom. The van der Waals surface area contributed by atoms with Crippen molar-refractivity contribution in [1.82, 2.24) is 19.8 Å². The molecule has 3 heterocycles. The van der Waals surface area contributed by atoms with Crippen molar-refractivity contribution in [1.29, 1.82) is 0 Å². The molecule has 9 heteroatoms. The van der Waals surface area contributed by atoms with E-state index < -0.39 is 0 Å². The SMILES string of the molecule is O=C(CCn1c(=S)[nH]c2cc3c(cc2c1=O)OCO3)NC1CCN(Cc2ccccc2)CC1. The molecule has 0 radical (unpaired) electrons. The molecule has 2 aliphatic rings. The van der Waals surface area contributed by atoms with E-state index in [0.717, 1.165) is 32.5 Å². The fourth-order valence-electron chi connectivity index (χ4n) is 4.44. The number of carbonyl (C=O) groups excluding carboxylic acids is 1. The molecule has 2 aliphatic heterocycles. The molecule has 0 atom stereocenters. The molecule has 0 saturated carbocycles. The number of benzene rings is 2. The first-order chi connectivity index (χ1) is 16.1. The maximum Gasteiger partial charge on any atom is 0.262 e. The van der Waals surface area contributed by atoms with Crippen LogP contribution in [0.4, 0.5) is 0 Å². The van der Waals surface area contributed by atoms with E-state index in [4.69, 9.17) is 21.7 Å². The molecule has 3 aromatic rings. The lowest BCUT2D eigenvalue weighted by molar-refractivity contribution is -0.122. The summed E-state index contributed by atoms with van der Waals surface area (Å²) in [6.07, 6.45) is 2.03. The second-order valence-electron chi connectivity index (χ2n) is 8.49. The van der Waals surface area contributed by atoms with E-state index >= 15 is 0 Å². The van der Waals surface area contributed by atoms with E-state index in [1.54, 1.807) is 12.1 Å². The van der Waals surface area contributed by atoms with E-state index in [-0.39, 0.29) is 42.0 Å². The summed E-state index contributed by atoms with van der Waals surface area (Å²) >= 11 is 5.37. The summed E-state index contributed by atoms with van der Waals surface area (Å²) in [7, 11) is 0. The number of rotatable bonds is 6. The minimum absolute atomic E-state index is 0.0661. The number of nitrogens with one attached hydrogen (secondary N) is 2. The molecule has 33 heavy (non-hydrogen) atoms. The molecule has 0 unspecified atom stereocenters. The zero-order chi connectivity index (χ0) is 22.8. The van der Waals surface area contributed by atoms with Gasteiger partial charge in [-0.05, 0) is 36.7 Å². The van der Waals surface area contributed by atoms with Crippen molar-refractivity contribution in [3.8, 4) is 11.5 Å². The van der Waals surface area contributed by atoms with Crippen LogP contribution in [0.5, 0.6) is 11.5 Å². The van der Waals surface area contributed by atoms with Gasteiger partial charge in [0, 0.05) is 44.7 Å². The van der Waals surface area contributed by atoms with Crippen LogP contribution in [0.3, 0.4) is 0 Å². The lowest BCUT2D eigenvalue weighted by atomic mass is 10.0. The van der Waals surface area contributed by atoms with Gasteiger partial charge >= 0.3 is 0 Å². The smallest absolute Gasteiger partial charge is 0.262 e. The molecule has 172 valence electrons. The number of carbonyl (C=O) groups is 1. The van der Waals surface area contributed by atoms with E-state index in [1.807, 2.05) is 6.07 Å². The number of amides is 1. The summed E-state index contributed by atoms with van der Waals surface area (Å²) in [6.45, 7) is 3.19. The molecule has 1 aromatic heterocycles. The highest BCUT2D eigenvalue weighted by atomic mass is 32.1. The quantitative estimate of drug-likeness (QED) is 0.543. The van der Waals surface area contributed by atoms with Gasteiger partial charge in [-0.15, -0.1) is 0 Å². The molecule has 0 bridgehead atoms. The molecule has 5 rings (SSSR count). The third-order valence-corrected chi connectivity index (χ3v) is 6.56. The monoisotopic (exact) mass is 466 g/mol. The minimum atomic E-state index is -0.242. The molecular weight excluding hydrogens is 440 g/mol. The average molecular weight is 467 g/mol. The number of fused-ring (bicyclic) bond motifs is 2. The molecule has 8 nitrogen and oxygen atoms in total. The van der Waals surface area contributed by atoms with Crippen molar-refractivity contribution < 1.29 is 14.3 Å². The highest BCUT2D eigenvalue weighted by Gasteiger charge is 2.21. The topological polar surface area (TPSA) is 88.6 Å². The number of nitrogens with zero attached hydrogens (tertiary/aromatic N) is 2. The van der Waals surface area contributed by atoms with Gasteiger partial charge in [0.2, 0.25) is 12.7 Å². The summed E-state index contributed by atoms with van der Waals surface area (Å²) in [6, 6.07) is 14.0. The Labute approximate surface area is 196 Å². The maximum atomic E-state index is 13.0. The zero-order valence-electron chi connectivity index (χ0n) is 18.2. The second-order valence-corrected chi connectivity index (χ2v) is 8.88. The van der Waals surface area contributed by atoms with Gasteiger partial charge in [-0.3, -0.25) is 19.1 Å². The van der Waals surface area contributed by atoms with Crippen molar-refractivity contribution in [2.75, 3.05) is 19.9 Å². The molecule has 0 aliphatic carbocycles. The second kappa shape index (κ2) is 9.36. The number of likely N-dealkylation sites (tertiary alicyclic amines) is 1. The number of piperidine rings is 1. The van der Waals surface area contributed by atoms with Crippen LogP contribution in [0.2, 0.25) is 0 Å². The molecule has 2 aromatic carbocycles. The van der Waals surface area contributed by atoms with E-state index in [1.165, 1.54) is 10.1 Å². The Bertz CT molecular complexity index is 1280. The van der Waals surface area contributed by atoms with Crippen LogP contribution in [0.25, 0.3) is 10.9 Å². The summed E-state index contributed by atoms with van der Waals surface area (Å²) in [4.78, 5) is 31.0. The fraction of sp³-hybridized carbons (Fsp3) is 0.375. The van der Waals surface area contributed by atoms with Crippen LogP contribution in [0.15, 0.2) is 47.3 Å². The Balaban J connectivity index is 1.17. The van der Waals surface area contributed by atoms with Crippen LogP contribution in [0, 0.1) is 4.77 Å². The Kier molecular flexibility index (Phi) is 6.15. The van der Waals surface area contributed by atoms with Crippen LogP contribution < -0.4 is 20.3 Å². The fourth-order valence-corrected chi connectivity index (χ4v) is 4.72. The highest BCUT2D eigenvalue weighted by molar-refractivity contribution is 7.71. The van der Waals surface area contributed by atoms with Gasteiger partial charge in [-0.2, -0.15) is 0 Å². The van der Waals surface area contributed by atoms with Crippen LogP contribution in [-0.4, -0.2) is 46.3 Å². The maximum absolute atomic E-state index is 13.0. The molecule has 2 N–H and O–H groups in total. The van der Waals surface area contributed by atoms with Crippen molar-refractivity contribution >= 4 is 29.0 Å². The van der Waals surface area contributed by atoms with Gasteiger partial charge in [0.1, 0.15) is 0 Å². The number of aromatic amines is 1. The van der Waals surface area contributed by atoms with Crippen molar-refractivity contribution in [2.45, 2.75) is 38.4 Å². The summed E-state index contributed by atoms with van der Waals surface area (Å²) in [5.74, 6) is 1.05. The number of aromatic nitrogens is 2. The number of H-pyrrole nitrogens is 1. The number of ether oxygens (including phenoxy) is 2. The number of hydrogen-bond donors (Lipinski definition) is 2. The van der Waals surface area contributed by atoms with E-state index in [2.05, 4.69) is 39.5 Å². The van der Waals surface area contributed by atoms with Crippen LogP contribution in [-0.2, 0) is 17.9 Å². The number of hydrogen-bond acceptors (Lipinski definition) is 6. The van der Waals surface area contributed by atoms with Crippen LogP contribution in [0.1, 0.15) is 24.8 Å². The molecule has 1 fully saturated rings. The van der Waals surface area contributed by atoms with Gasteiger partial charge in [-0.25, -0.2) is 0 Å². The van der Waals surface area contributed by atoms with Crippen molar-refractivity contribution in [2.24, 2.45) is 0 Å². The highest BCUT2D eigenvalue weighted by Crippen LogP contribution is 2.34. The van der Waals surface area contributed by atoms with Crippen molar-refractivity contribution in [3.05, 3.63) is 63.2 Å². The van der Waals surface area contributed by atoms with E-state index in [0.29, 0.717) is 22.4 Å². The normalized spacial score (nSPS) is 16.2. The van der Waals surface area contributed by atoms with Gasteiger partial charge < -0.3 is 19.8 Å². The van der Waals surface area contributed by atoms with Crippen LogP contribution >= 0.6 is 12.2 Å². The lowest BCUT2D eigenvalue weighted by Gasteiger charge is -2.32. The lowest BCUT2D eigenvalue weighted by Crippen LogP contribution is -2.44. The Morgan fingerprint density at radius 1 is 1.12 bits per heavy atom. The largest absolute Gasteiger partial charge is 0.454 e. The Morgan fingerprint density at radius 2 is 1.85 bits per heavy atom. The summed E-state index contributed by atoms with van der Waals surface area (Å²) in [5, 5.41) is 3.58. The van der Waals surface area contributed by atoms with Gasteiger partial charge in [0.15, 0.2) is 16.3 Å². The Hall–Kier alpha value is -3.17. The minimum Gasteiger partial charge on any atom is -0.454 e. The molecule has 0 spiro atoms. The first-order valence-electron chi connectivity index (χ1n) is 11.2. The van der Waals surface area contributed by atoms with E-state index in [9.17, 15) is 9.59 Å². The molecule has 1 amide bonds. The predicted molar refractivity (Wildman–Crippen MR) is 127 cm³/mol. The van der Waals surface area contributed by atoms with Gasteiger partial charge in [-0.1, -0.05) is 30.3 Å². The zero-order valence-corrected chi connectivity index (χ0v) is 19.0. The van der Waals surface area contributed by atoms with Gasteiger partial charge in [0.05, 0.1) is 10.9 Å². The first kappa shape index (κ1) is 21.7. The van der Waals surface area contributed by atoms with Gasteiger partial charge in [0.25, 0.3) is 5.56 Å². The third kappa shape index (κ3) is 4.79. The summed E-state index contributed by atoms with van der Waals surface area (Å²) < 4.78 is 12.5. The molecule has 1 saturated heterocycles.